The Labute approximate surface area is 227 Å². The van der Waals surface area contributed by atoms with Crippen LogP contribution in [0, 0.1) is 11.8 Å². The fourth-order valence-electron chi connectivity index (χ4n) is 7.18. The molecule has 0 radical (unpaired) electrons. The van der Waals surface area contributed by atoms with Gasteiger partial charge >= 0.3 is 0 Å². The molecule has 9 rings (SSSR count). The first-order valence-corrected chi connectivity index (χ1v) is 14.5. The second-order valence-electron chi connectivity index (χ2n) is 12.2. The van der Waals surface area contributed by atoms with Gasteiger partial charge in [-0.25, -0.2) is 9.97 Å². The zero-order valence-electron chi connectivity index (χ0n) is 21.8. The van der Waals surface area contributed by atoms with Gasteiger partial charge in [0.15, 0.2) is 0 Å². The predicted molar refractivity (Wildman–Crippen MR) is 154 cm³/mol. The van der Waals surface area contributed by atoms with Crippen molar-refractivity contribution in [3.63, 3.8) is 0 Å². The summed E-state index contributed by atoms with van der Waals surface area (Å²) in [7, 11) is 0. The van der Waals surface area contributed by atoms with E-state index in [2.05, 4.69) is 81.3 Å². The van der Waals surface area contributed by atoms with Crippen LogP contribution in [0.15, 0.2) is 73.1 Å². The van der Waals surface area contributed by atoms with E-state index in [1.807, 2.05) is 12.4 Å². The maximum absolute atomic E-state index is 4.71. The van der Waals surface area contributed by atoms with Crippen molar-refractivity contribution in [2.75, 3.05) is 0 Å². The van der Waals surface area contributed by atoms with Gasteiger partial charge in [0, 0.05) is 17.6 Å². The zero-order chi connectivity index (χ0) is 25.5. The lowest BCUT2D eigenvalue weighted by Gasteiger charge is -2.29. The van der Waals surface area contributed by atoms with E-state index in [1.54, 1.807) is 0 Å². The summed E-state index contributed by atoms with van der Waals surface area (Å²) in [6, 6.07) is 24.4. The SMILES string of the molecule is c1cc(-c2cnc([C@@H]3C[C@H]4CC[C@H]4N3)[nH]2)ccc1-c1ccc2cc(-c3cnc([C@@H]4C[C@H]5C[C@H]5N4)[nH]3)ccc2c1. The molecular weight excluding hydrogens is 480 g/mol. The third kappa shape index (κ3) is 3.77. The second-order valence-corrected chi connectivity index (χ2v) is 12.2. The summed E-state index contributed by atoms with van der Waals surface area (Å²) in [6.07, 6.45) is 10.4. The average Bonchev–Trinajstić information content (AvgIpc) is 3.46. The summed E-state index contributed by atoms with van der Waals surface area (Å²) in [4.78, 5) is 16.6. The Balaban J connectivity index is 0.930. The smallest absolute Gasteiger partial charge is 0.123 e. The summed E-state index contributed by atoms with van der Waals surface area (Å²) in [5.74, 6) is 3.86. The number of fused-ring (bicyclic) bond motifs is 3. The molecule has 2 aliphatic heterocycles. The van der Waals surface area contributed by atoms with Gasteiger partial charge in [-0.05, 0) is 83.5 Å². The van der Waals surface area contributed by atoms with Crippen molar-refractivity contribution >= 4 is 10.8 Å². The Morgan fingerprint density at radius 2 is 1.13 bits per heavy atom. The quantitative estimate of drug-likeness (QED) is 0.216. The Morgan fingerprint density at radius 1 is 0.538 bits per heavy atom. The van der Waals surface area contributed by atoms with Crippen molar-refractivity contribution in [2.24, 2.45) is 11.8 Å². The van der Waals surface area contributed by atoms with E-state index in [9.17, 15) is 0 Å². The van der Waals surface area contributed by atoms with Gasteiger partial charge in [0.05, 0.1) is 35.9 Å². The van der Waals surface area contributed by atoms with E-state index in [0.29, 0.717) is 18.1 Å². The van der Waals surface area contributed by atoms with Crippen LogP contribution in [-0.4, -0.2) is 32.0 Å². The number of piperidine rings is 1. The van der Waals surface area contributed by atoms with E-state index in [1.165, 1.54) is 65.1 Å². The van der Waals surface area contributed by atoms with Crippen LogP contribution in [0.3, 0.4) is 0 Å². The van der Waals surface area contributed by atoms with Crippen LogP contribution >= 0.6 is 0 Å². The van der Waals surface area contributed by atoms with Gasteiger partial charge in [-0.2, -0.15) is 0 Å². The molecule has 0 bridgehead atoms. The van der Waals surface area contributed by atoms with Gasteiger partial charge < -0.3 is 20.6 Å². The fourth-order valence-corrected chi connectivity index (χ4v) is 7.18. The molecular formula is C33H32N6. The van der Waals surface area contributed by atoms with Crippen molar-refractivity contribution < 1.29 is 0 Å². The lowest BCUT2D eigenvalue weighted by molar-refractivity contribution is 0.276. The van der Waals surface area contributed by atoms with E-state index >= 15 is 0 Å². The number of hydrogen-bond donors (Lipinski definition) is 4. The van der Waals surface area contributed by atoms with Crippen LogP contribution < -0.4 is 10.6 Å². The molecule has 4 aliphatic rings. The summed E-state index contributed by atoms with van der Waals surface area (Å²) in [6.45, 7) is 0. The molecule has 3 aromatic carbocycles. The van der Waals surface area contributed by atoms with E-state index in [-0.39, 0.29) is 0 Å². The van der Waals surface area contributed by atoms with Gasteiger partial charge in [-0.1, -0.05) is 48.5 Å². The highest BCUT2D eigenvalue weighted by Gasteiger charge is 2.46. The van der Waals surface area contributed by atoms with E-state index in [0.717, 1.165) is 40.9 Å². The third-order valence-electron chi connectivity index (χ3n) is 9.78. The van der Waals surface area contributed by atoms with Crippen LogP contribution in [0.1, 0.15) is 55.8 Å². The van der Waals surface area contributed by atoms with Gasteiger partial charge in [-0.15, -0.1) is 0 Å². The average molecular weight is 513 g/mol. The van der Waals surface area contributed by atoms with Gasteiger partial charge in [0.1, 0.15) is 11.6 Å². The van der Waals surface area contributed by atoms with Crippen LogP contribution in [0.5, 0.6) is 0 Å². The minimum atomic E-state index is 0.374. The molecule has 6 heteroatoms. The molecule has 4 N–H and O–H groups in total. The Morgan fingerprint density at radius 3 is 1.74 bits per heavy atom. The highest BCUT2D eigenvalue weighted by atomic mass is 15.1. The first kappa shape index (κ1) is 22.1. The molecule has 6 atom stereocenters. The molecule has 2 saturated heterocycles. The zero-order valence-corrected chi connectivity index (χ0v) is 21.8. The van der Waals surface area contributed by atoms with Gasteiger partial charge in [0.25, 0.3) is 0 Å². The highest BCUT2D eigenvalue weighted by molar-refractivity contribution is 5.90. The number of imidazole rings is 2. The van der Waals surface area contributed by atoms with Crippen LogP contribution in [0.4, 0.5) is 0 Å². The maximum atomic E-state index is 4.71. The Bertz CT molecular complexity index is 1680. The first-order chi connectivity index (χ1) is 19.2. The molecule has 0 amide bonds. The number of nitrogens with zero attached hydrogens (tertiary/aromatic N) is 2. The summed E-state index contributed by atoms with van der Waals surface area (Å²) >= 11 is 0. The van der Waals surface area contributed by atoms with Crippen LogP contribution in [0.25, 0.3) is 44.4 Å². The lowest BCUT2D eigenvalue weighted by Crippen LogP contribution is -2.35. The van der Waals surface area contributed by atoms with Crippen molar-refractivity contribution in [2.45, 2.75) is 56.3 Å². The van der Waals surface area contributed by atoms with Gasteiger partial charge in [-0.3, -0.25) is 0 Å². The van der Waals surface area contributed by atoms with Crippen molar-refractivity contribution in [1.29, 1.82) is 0 Å². The van der Waals surface area contributed by atoms with E-state index < -0.39 is 0 Å². The molecule has 2 aliphatic carbocycles. The second kappa shape index (κ2) is 8.38. The highest BCUT2D eigenvalue weighted by Crippen LogP contribution is 2.46. The Hall–Kier alpha value is -3.74. The van der Waals surface area contributed by atoms with Crippen molar-refractivity contribution in [1.82, 2.24) is 30.6 Å². The van der Waals surface area contributed by atoms with Crippen LogP contribution in [-0.2, 0) is 0 Å². The molecule has 2 saturated carbocycles. The number of aromatic nitrogens is 4. The monoisotopic (exact) mass is 512 g/mol. The summed E-state index contributed by atoms with van der Waals surface area (Å²) in [5, 5.41) is 9.92. The lowest BCUT2D eigenvalue weighted by atomic mass is 9.80. The molecule has 0 spiro atoms. The van der Waals surface area contributed by atoms with Gasteiger partial charge in [0.2, 0.25) is 0 Å². The number of nitrogens with one attached hydrogen (secondary N) is 4. The normalized spacial score (nSPS) is 28.8. The number of aromatic amines is 2. The first-order valence-electron chi connectivity index (χ1n) is 14.5. The molecule has 0 unspecified atom stereocenters. The standard InChI is InChI=1S/C33H32N6/c1-3-19(30-16-34-32(38-30)28-13-24-9-10-26(24)36-28)4-2-18(1)20-5-6-22-12-23(8-7-21(22)11-20)31-17-35-33(39-31)29-15-25-14-27(25)37-29/h1-8,11-12,16-17,24-29,36-37H,9-10,13-15H2,(H,34,38)(H,35,39)/t24-,25-,26-,27-,28+,29+/m1/s1. The maximum Gasteiger partial charge on any atom is 0.123 e. The predicted octanol–water partition coefficient (Wildman–Crippen LogP) is 6.52. The molecule has 5 aromatic rings. The van der Waals surface area contributed by atoms with Crippen LogP contribution in [0.2, 0.25) is 0 Å². The molecule has 194 valence electrons. The minimum Gasteiger partial charge on any atom is -0.341 e. The molecule has 39 heavy (non-hydrogen) atoms. The number of rotatable bonds is 5. The topological polar surface area (TPSA) is 81.4 Å². The molecule has 2 aromatic heterocycles. The molecule has 6 nitrogen and oxygen atoms in total. The van der Waals surface area contributed by atoms with E-state index in [4.69, 9.17) is 9.97 Å². The Kier molecular flexibility index (Phi) is 4.75. The number of hydrogen-bond acceptors (Lipinski definition) is 4. The summed E-state index contributed by atoms with van der Waals surface area (Å²) in [5.41, 5.74) is 6.98. The number of H-pyrrole nitrogens is 2. The van der Waals surface area contributed by atoms with Crippen molar-refractivity contribution in [3.8, 4) is 33.6 Å². The third-order valence-corrected chi connectivity index (χ3v) is 9.78. The van der Waals surface area contributed by atoms with Crippen molar-refractivity contribution in [3.05, 3.63) is 84.7 Å². The largest absolute Gasteiger partial charge is 0.341 e. The molecule has 4 fully saturated rings. The summed E-state index contributed by atoms with van der Waals surface area (Å²) < 4.78 is 0. The fraction of sp³-hybridized carbons (Fsp3) is 0.333. The number of benzene rings is 3. The molecule has 4 heterocycles. The minimum absolute atomic E-state index is 0.374.